The fourth-order valence-electron chi connectivity index (χ4n) is 7.12. The highest BCUT2D eigenvalue weighted by molar-refractivity contribution is 5.84. The molecule has 2 aliphatic rings. The maximum atomic E-state index is 14.1. The molecule has 0 spiro atoms. The van der Waals surface area contributed by atoms with Gasteiger partial charge in [-0.2, -0.15) is 0 Å². The summed E-state index contributed by atoms with van der Waals surface area (Å²) in [5, 5.41) is 3.51. The lowest BCUT2D eigenvalue weighted by Gasteiger charge is -2.34. The van der Waals surface area contributed by atoms with Gasteiger partial charge in [-0.05, 0) is 73.1 Å². The van der Waals surface area contributed by atoms with Crippen molar-refractivity contribution in [2.45, 2.75) is 57.7 Å². The zero-order valence-electron chi connectivity index (χ0n) is 26.7. The smallest absolute Gasteiger partial charge is 0.245 e. The maximum Gasteiger partial charge on any atom is 0.245 e. The molecule has 4 heterocycles. The van der Waals surface area contributed by atoms with E-state index in [2.05, 4.69) is 99.7 Å². The van der Waals surface area contributed by atoms with E-state index in [0.717, 1.165) is 90.7 Å². The van der Waals surface area contributed by atoms with E-state index in [-0.39, 0.29) is 18.0 Å². The average molecular weight is 614 g/mol. The van der Waals surface area contributed by atoms with E-state index >= 15 is 0 Å². The van der Waals surface area contributed by atoms with Crippen molar-refractivity contribution in [1.29, 1.82) is 0 Å². The van der Waals surface area contributed by atoms with Crippen LogP contribution in [0, 0.1) is 0 Å². The second-order valence-corrected chi connectivity index (χ2v) is 12.4. The SMILES string of the molecule is CCN(CC)[C@@H](C(=O)N1CCC[C@H]1c1ncc(-c2ccc(-c3ccc(-c4cnc([C@@H]5CCCN5)[nH]4)cc3)cc2)[nH]1)c1ccccc1. The summed E-state index contributed by atoms with van der Waals surface area (Å²) in [6.07, 6.45) is 8.04. The van der Waals surface area contributed by atoms with Crippen LogP contribution in [0.1, 0.15) is 74.9 Å². The molecule has 46 heavy (non-hydrogen) atoms. The average Bonchev–Trinajstić information content (AvgIpc) is 3.94. The van der Waals surface area contributed by atoms with Gasteiger partial charge in [-0.15, -0.1) is 0 Å². The number of nitrogens with zero attached hydrogens (tertiary/aromatic N) is 4. The molecule has 7 rings (SSSR count). The van der Waals surface area contributed by atoms with Gasteiger partial charge in [0.15, 0.2) is 0 Å². The van der Waals surface area contributed by atoms with Gasteiger partial charge in [0.1, 0.15) is 17.7 Å². The van der Waals surface area contributed by atoms with Crippen molar-refractivity contribution in [2.75, 3.05) is 26.2 Å². The Morgan fingerprint density at radius 3 is 1.96 bits per heavy atom. The predicted molar refractivity (Wildman–Crippen MR) is 183 cm³/mol. The highest BCUT2D eigenvalue weighted by Crippen LogP contribution is 2.36. The molecule has 8 heteroatoms. The summed E-state index contributed by atoms with van der Waals surface area (Å²) in [5.41, 5.74) is 7.59. The number of amides is 1. The molecule has 2 aromatic heterocycles. The first-order valence-corrected chi connectivity index (χ1v) is 16.8. The predicted octanol–water partition coefficient (Wildman–Crippen LogP) is 7.30. The Morgan fingerprint density at radius 1 is 0.783 bits per heavy atom. The van der Waals surface area contributed by atoms with Crippen LogP contribution >= 0.6 is 0 Å². The number of rotatable bonds is 10. The Morgan fingerprint density at radius 2 is 1.37 bits per heavy atom. The van der Waals surface area contributed by atoms with E-state index in [1.54, 1.807) is 0 Å². The Labute approximate surface area is 271 Å². The van der Waals surface area contributed by atoms with Gasteiger partial charge in [0.25, 0.3) is 0 Å². The van der Waals surface area contributed by atoms with Crippen LogP contribution in [-0.4, -0.2) is 61.8 Å². The molecule has 3 atom stereocenters. The van der Waals surface area contributed by atoms with Crippen molar-refractivity contribution in [3.63, 3.8) is 0 Å². The zero-order chi connectivity index (χ0) is 31.5. The van der Waals surface area contributed by atoms with Gasteiger partial charge in [0.05, 0.1) is 35.9 Å². The van der Waals surface area contributed by atoms with Crippen LogP contribution in [-0.2, 0) is 4.79 Å². The number of carbonyl (C=O) groups excluding carboxylic acids is 1. The van der Waals surface area contributed by atoms with E-state index in [0.29, 0.717) is 6.04 Å². The number of hydrogen-bond acceptors (Lipinski definition) is 5. The summed E-state index contributed by atoms with van der Waals surface area (Å²) in [6, 6.07) is 27.4. The van der Waals surface area contributed by atoms with Crippen molar-refractivity contribution in [1.82, 2.24) is 35.1 Å². The van der Waals surface area contributed by atoms with Crippen LogP contribution in [0.5, 0.6) is 0 Å². The highest BCUT2D eigenvalue weighted by atomic mass is 16.2. The minimum atomic E-state index is -0.293. The van der Waals surface area contributed by atoms with Gasteiger partial charge in [-0.3, -0.25) is 9.69 Å². The number of H-pyrrole nitrogens is 2. The van der Waals surface area contributed by atoms with Crippen molar-refractivity contribution in [2.24, 2.45) is 0 Å². The lowest BCUT2D eigenvalue weighted by molar-refractivity contribution is -0.138. The lowest BCUT2D eigenvalue weighted by Crippen LogP contribution is -2.43. The summed E-state index contributed by atoms with van der Waals surface area (Å²) >= 11 is 0. The van der Waals surface area contributed by atoms with Crippen molar-refractivity contribution < 1.29 is 4.79 Å². The molecule has 0 bridgehead atoms. The van der Waals surface area contributed by atoms with Gasteiger partial charge < -0.3 is 20.2 Å². The molecule has 236 valence electrons. The quantitative estimate of drug-likeness (QED) is 0.154. The third-order valence-electron chi connectivity index (χ3n) is 9.68. The molecule has 8 nitrogen and oxygen atoms in total. The first-order valence-electron chi connectivity index (χ1n) is 16.8. The largest absolute Gasteiger partial charge is 0.341 e. The highest BCUT2D eigenvalue weighted by Gasteiger charge is 2.38. The second-order valence-electron chi connectivity index (χ2n) is 12.4. The number of aromatic nitrogens is 4. The summed E-state index contributed by atoms with van der Waals surface area (Å²) in [4.78, 5) is 34.9. The number of hydrogen-bond donors (Lipinski definition) is 3. The third-order valence-corrected chi connectivity index (χ3v) is 9.68. The molecular weight excluding hydrogens is 570 g/mol. The molecule has 5 aromatic rings. The number of aromatic amines is 2. The van der Waals surface area contributed by atoms with Gasteiger partial charge in [0.2, 0.25) is 5.91 Å². The topological polar surface area (TPSA) is 92.9 Å². The Balaban J connectivity index is 1.05. The molecule has 2 fully saturated rings. The van der Waals surface area contributed by atoms with Crippen LogP contribution in [0.2, 0.25) is 0 Å². The molecule has 2 aliphatic heterocycles. The van der Waals surface area contributed by atoms with Gasteiger partial charge >= 0.3 is 0 Å². The van der Waals surface area contributed by atoms with E-state index in [1.165, 1.54) is 12.0 Å². The first kappa shape index (κ1) is 30.1. The van der Waals surface area contributed by atoms with Crippen molar-refractivity contribution >= 4 is 5.91 Å². The van der Waals surface area contributed by atoms with E-state index in [1.807, 2.05) is 35.5 Å². The van der Waals surface area contributed by atoms with Gasteiger partial charge in [0, 0.05) is 6.54 Å². The molecule has 0 radical (unpaired) electrons. The van der Waals surface area contributed by atoms with Crippen molar-refractivity contribution in [3.05, 3.63) is 108 Å². The molecule has 3 aromatic carbocycles. The van der Waals surface area contributed by atoms with E-state index in [4.69, 9.17) is 4.98 Å². The van der Waals surface area contributed by atoms with E-state index in [9.17, 15) is 4.79 Å². The number of benzene rings is 3. The Bertz CT molecular complexity index is 1730. The molecule has 0 aliphatic carbocycles. The Kier molecular flexibility index (Phi) is 8.81. The summed E-state index contributed by atoms with van der Waals surface area (Å²) < 4.78 is 0. The number of likely N-dealkylation sites (tertiary alicyclic amines) is 1. The van der Waals surface area contributed by atoms with Crippen LogP contribution in [0.4, 0.5) is 0 Å². The van der Waals surface area contributed by atoms with Crippen LogP contribution < -0.4 is 5.32 Å². The summed E-state index contributed by atoms with van der Waals surface area (Å²) in [6.45, 7) is 7.68. The minimum Gasteiger partial charge on any atom is -0.341 e. The summed E-state index contributed by atoms with van der Waals surface area (Å²) in [7, 11) is 0. The molecule has 3 N–H and O–H groups in total. The standard InChI is InChI=1S/C38H43N7O/c1-3-44(4-2)35(30-10-6-5-7-11-30)38(46)45-23-9-13-34(45)37-41-25-33(43-37)29-20-16-27(17-21-29)26-14-18-28(19-15-26)32-24-40-36(42-32)31-12-8-22-39-31/h5-7,10-11,14-21,24-25,31,34-35,39H,3-4,8-9,12-13,22-23H2,1-2H3,(H,40,42)(H,41,43)/t31-,34-,35+/m0/s1. The zero-order valence-corrected chi connectivity index (χ0v) is 26.7. The first-order chi connectivity index (χ1) is 22.6. The normalized spacial score (nSPS) is 18.8. The van der Waals surface area contributed by atoms with Crippen LogP contribution in [0.3, 0.4) is 0 Å². The third kappa shape index (κ3) is 6.02. The number of likely N-dealkylation sites (N-methyl/N-ethyl adjacent to an activating group) is 1. The fourth-order valence-corrected chi connectivity index (χ4v) is 7.12. The molecular formula is C38H43N7O. The Hall–Kier alpha value is -4.53. The fraction of sp³-hybridized carbons (Fsp3) is 0.342. The molecule has 0 unspecified atom stereocenters. The van der Waals surface area contributed by atoms with Crippen LogP contribution in [0.15, 0.2) is 91.3 Å². The minimum absolute atomic E-state index is 0.0545. The van der Waals surface area contributed by atoms with E-state index < -0.39 is 0 Å². The van der Waals surface area contributed by atoms with Crippen LogP contribution in [0.25, 0.3) is 33.6 Å². The number of carbonyl (C=O) groups is 1. The maximum absolute atomic E-state index is 14.1. The monoisotopic (exact) mass is 613 g/mol. The second kappa shape index (κ2) is 13.4. The van der Waals surface area contributed by atoms with Crippen molar-refractivity contribution in [3.8, 4) is 33.6 Å². The molecule has 0 saturated carbocycles. The number of imidazole rings is 2. The number of nitrogens with one attached hydrogen (secondary N) is 3. The summed E-state index contributed by atoms with van der Waals surface area (Å²) in [5.74, 6) is 2.04. The van der Waals surface area contributed by atoms with Gasteiger partial charge in [-0.25, -0.2) is 9.97 Å². The lowest BCUT2D eigenvalue weighted by atomic mass is 10.0. The van der Waals surface area contributed by atoms with Gasteiger partial charge in [-0.1, -0.05) is 92.7 Å². The molecule has 2 saturated heterocycles. The molecule has 1 amide bonds.